The Kier molecular flexibility index (Phi) is 4.07. The molecule has 0 radical (unpaired) electrons. The van der Waals surface area contributed by atoms with Crippen LogP contribution in [0.3, 0.4) is 0 Å². The van der Waals surface area contributed by atoms with E-state index in [1.807, 2.05) is 13.8 Å². The molecule has 3 rings (SSSR count). The zero-order chi connectivity index (χ0) is 17.3. The fourth-order valence-corrected chi connectivity index (χ4v) is 2.67. The summed E-state index contributed by atoms with van der Waals surface area (Å²) in [5.74, 6) is 0.364. The number of benzene rings is 1. The molecule has 24 heavy (non-hydrogen) atoms. The lowest BCUT2D eigenvalue weighted by Crippen LogP contribution is -2.41. The van der Waals surface area contributed by atoms with Gasteiger partial charge < -0.3 is 10.2 Å². The van der Waals surface area contributed by atoms with Gasteiger partial charge in [-0.05, 0) is 29.7 Å². The van der Waals surface area contributed by atoms with Gasteiger partial charge in [-0.2, -0.15) is 5.10 Å². The first-order chi connectivity index (χ1) is 11.5. The lowest BCUT2D eigenvalue weighted by Gasteiger charge is -2.24. The van der Waals surface area contributed by atoms with Gasteiger partial charge in [0.05, 0.1) is 17.4 Å². The number of aldehydes is 1. The summed E-state index contributed by atoms with van der Waals surface area (Å²) in [7, 11) is 0. The number of aromatic hydroxyl groups is 2. The van der Waals surface area contributed by atoms with Crippen molar-refractivity contribution in [2.45, 2.75) is 25.9 Å². The molecule has 0 fully saturated rings. The van der Waals surface area contributed by atoms with E-state index in [1.165, 1.54) is 6.07 Å². The third-order valence-corrected chi connectivity index (χ3v) is 3.87. The van der Waals surface area contributed by atoms with Crippen LogP contribution in [0.1, 0.15) is 30.9 Å². The molecule has 0 amide bonds. The number of hydrazone groups is 1. The Morgan fingerprint density at radius 3 is 2.71 bits per heavy atom. The Balaban J connectivity index is 2.11. The maximum absolute atomic E-state index is 11.4. The lowest BCUT2D eigenvalue weighted by molar-refractivity contribution is -0.109. The van der Waals surface area contributed by atoms with E-state index in [2.05, 4.69) is 15.5 Å². The molecule has 0 spiro atoms. The number of hydrogen-bond donors (Lipinski definition) is 3. The van der Waals surface area contributed by atoms with E-state index < -0.39 is 6.17 Å². The number of carbonyl (C=O) groups excluding carboxylic acids is 1. The van der Waals surface area contributed by atoms with Crippen LogP contribution in [0.2, 0.25) is 0 Å². The van der Waals surface area contributed by atoms with Crippen molar-refractivity contribution < 1.29 is 15.0 Å². The van der Waals surface area contributed by atoms with Crippen LogP contribution < -0.4 is 10.3 Å². The first kappa shape index (κ1) is 15.8. The molecular formula is C17H18N4O3. The van der Waals surface area contributed by atoms with Crippen LogP contribution in [0.4, 0.5) is 5.69 Å². The van der Waals surface area contributed by atoms with Crippen molar-refractivity contribution in [2.24, 2.45) is 5.10 Å². The average Bonchev–Trinajstić information content (AvgIpc) is 2.99. The fraction of sp³-hybridized carbons (Fsp3) is 0.235. The number of amidine groups is 1. The molecule has 0 saturated heterocycles. The Labute approximate surface area is 139 Å². The summed E-state index contributed by atoms with van der Waals surface area (Å²) in [4.78, 5) is 17.1. The molecule has 1 atom stereocenters. The van der Waals surface area contributed by atoms with Crippen molar-refractivity contribution >= 4 is 17.8 Å². The van der Waals surface area contributed by atoms with E-state index in [1.54, 1.807) is 35.5 Å². The molecular weight excluding hydrogens is 308 g/mol. The van der Waals surface area contributed by atoms with E-state index in [-0.39, 0.29) is 17.4 Å². The SMILES string of the molecule is CC(C)c1cc(C2=NNC(C=O)N2c2cccnc2)c(O)cc1O. The van der Waals surface area contributed by atoms with Gasteiger partial charge in [0.2, 0.25) is 0 Å². The van der Waals surface area contributed by atoms with Gasteiger partial charge in [0.25, 0.3) is 0 Å². The van der Waals surface area contributed by atoms with Crippen molar-refractivity contribution in [3.8, 4) is 11.5 Å². The number of carbonyl (C=O) groups is 1. The summed E-state index contributed by atoms with van der Waals surface area (Å²) in [5.41, 5.74) is 4.52. The highest BCUT2D eigenvalue weighted by atomic mass is 16.3. The van der Waals surface area contributed by atoms with Crippen LogP contribution in [0.15, 0.2) is 41.8 Å². The summed E-state index contributed by atoms with van der Waals surface area (Å²) in [6.45, 7) is 3.88. The van der Waals surface area contributed by atoms with Crippen molar-refractivity contribution in [1.29, 1.82) is 0 Å². The second kappa shape index (κ2) is 6.19. The monoisotopic (exact) mass is 326 g/mol. The molecule has 7 nitrogen and oxygen atoms in total. The minimum absolute atomic E-state index is 0.0256. The van der Waals surface area contributed by atoms with E-state index >= 15 is 0 Å². The Morgan fingerprint density at radius 2 is 2.08 bits per heavy atom. The summed E-state index contributed by atoms with van der Waals surface area (Å²) in [5, 5.41) is 24.5. The van der Waals surface area contributed by atoms with Crippen LogP contribution in [0.25, 0.3) is 0 Å². The molecule has 2 aromatic rings. The Morgan fingerprint density at radius 1 is 1.29 bits per heavy atom. The highest BCUT2D eigenvalue weighted by molar-refractivity contribution is 6.14. The first-order valence-electron chi connectivity index (χ1n) is 7.57. The van der Waals surface area contributed by atoms with E-state index in [0.29, 0.717) is 22.6 Å². The molecule has 2 heterocycles. The third kappa shape index (κ3) is 2.64. The Hall–Kier alpha value is -3.09. The van der Waals surface area contributed by atoms with Gasteiger partial charge in [-0.25, -0.2) is 0 Å². The summed E-state index contributed by atoms with van der Waals surface area (Å²) < 4.78 is 0. The third-order valence-electron chi connectivity index (χ3n) is 3.87. The minimum atomic E-state index is -0.695. The molecule has 3 N–H and O–H groups in total. The van der Waals surface area contributed by atoms with Crippen LogP contribution in [0, 0.1) is 0 Å². The number of rotatable bonds is 4. The number of phenols is 2. The lowest BCUT2D eigenvalue weighted by atomic mass is 9.98. The number of hydrogen-bond acceptors (Lipinski definition) is 7. The quantitative estimate of drug-likeness (QED) is 0.743. The van der Waals surface area contributed by atoms with Gasteiger partial charge in [-0.1, -0.05) is 13.8 Å². The second-order valence-electron chi connectivity index (χ2n) is 5.81. The van der Waals surface area contributed by atoms with Gasteiger partial charge in [0, 0.05) is 12.3 Å². The molecule has 124 valence electrons. The molecule has 1 aromatic carbocycles. The molecule has 7 heteroatoms. The fourth-order valence-electron chi connectivity index (χ4n) is 2.67. The smallest absolute Gasteiger partial charge is 0.177 e. The average molecular weight is 326 g/mol. The maximum atomic E-state index is 11.4. The predicted octanol–water partition coefficient (Wildman–Crippen LogP) is 1.91. The molecule has 0 aliphatic carbocycles. The van der Waals surface area contributed by atoms with E-state index in [9.17, 15) is 15.0 Å². The summed E-state index contributed by atoms with van der Waals surface area (Å²) in [6, 6.07) is 6.53. The maximum Gasteiger partial charge on any atom is 0.177 e. The largest absolute Gasteiger partial charge is 0.508 e. The molecule has 0 saturated carbocycles. The van der Waals surface area contributed by atoms with Crippen LogP contribution >= 0.6 is 0 Å². The van der Waals surface area contributed by atoms with E-state index in [0.717, 1.165) is 6.29 Å². The van der Waals surface area contributed by atoms with Crippen LogP contribution in [-0.4, -0.2) is 33.5 Å². The van der Waals surface area contributed by atoms with E-state index in [4.69, 9.17) is 0 Å². The van der Waals surface area contributed by atoms with Crippen LogP contribution in [0.5, 0.6) is 11.5 Å². The second-order valence-corrected chi connectivity index (χ2v) is 5.81. The minimum Gasteiger partial charge on any atom is -0.508 e. The number of aromatic nitrogens is 1. The first-order valence-corrected chi connectivity index (χ1v) is 7.57. The highest BCUT2D eigenvalue weighted by Crippen LogP contribution is 2.34. The standard InChI is InChI=1S/C17H18N4O3/c1-10(2)12-6-13(15(24)7-14(12)23)17-20-19-16(9-22)21(17)11-4-3-5-18-8-11/h3-10,16,19,23-24H,1-2H3. The zero-order valence-electron chi connectivity index (χ0n) is 13.3. The molecule has 0 bridgehead atoms. The van der Waals surface area contributed by atoms with Gasteiger partial charge in [0.15, 0.2) is 18.3 Å². The topological polar surface area (TPSA) is 98.1 Å². The van der Waals surface area contributed by atoms with Gasteiger partial charge in [-0.15, -0.1) is 0 Å². The molecule has 1 aliphatic heterocycles. The van der Waals surface area contributed by atoms with Crippen molar-refractivity contribution in [1.82, 2.24) is 10.4 Å². The normalized spacial score (nSPS) is 16.9. The van der Waals surface area contributed by atoms with Crippen LogP contribution in [-0.2, 0) is 4.79 Å². The van der Waals surface area contributed by atoms with Crippen molar-refractivity contribution in [3.63, 3.8) is 0 Å². The highest BCUT2D eigenvalue weighted by Gasteiger charge is 2.32. The Bertz CT molecular complexity index is 790. The van der Waals surface area contributed by atoms with Gasteiger partial charge in [-0.3, -0.25) is 20.1 Å². The molecule has 1 aliphatic rings. The number of pyridine rings is 1. The number of phenolic OH excluding ortho intramolecular Hbond substituents is 2. The zero-order valence-corrected chi connectivity index (χ0v) is 13.3. The summed E-state index contributed by atoms with van der Waals surface area (Å²) in [6.07, 6.45) is 3.28. The summed E-state index contributed by atoms with van der Waals surface area (Å²) >= 11 is 0. The van der Waals surface area contributed by atoms with Crippen molar-refractivity contribution in [3.05, 3.63) is 47.8 Å². The molecule has 1 unspecified atom stereocenters. The number of nitrogens with zero attached hydrogens (tertiary/aromatic N) is 3. The number of anilines is 1. The molecule has 1 aromatic heterocycles. The predicted molar refractivity (Wildman–Crippen MR) is 90.1 cm³/mol. The number of nitrogens with one attached hydrogen (secondary N) is 1. The van der Waals surface area contributed by atoms with Crippen molar-refractivity contribution in [2.75, 3.05) is 4.90 Å². The van der Waals surface area contributed by atoms with Gasteiger partial charge >= 0.3 is 0 Å². The van der Waals surface area contributed by atoms with Gasteiger partial charge in [0.1, 0.15) is 11.5 Å².